The zero-order valence-corrected chi connectivity index (χ0v) is 4.35. The summed E-state index contributed by atoms with van der Waals surface area (Å²) in [6.45, 7) is 0. The number of hydrogen-bond acceptors (Lipinski definition) is 2. The van der Waals surface area contributed by atoms with Crippen molar-refractivity contribution in [3.63, 3.8) is 0 Å². The van der Waals surface area contributed by atoms with Gasteiger partial charge in [-0.05, 0) is 25.7 Å². The monoisotopic (exact) mass is 98.1 g/mol. The van der Waals surface area contributed by atoms with Crippen LogP contribution in [0.1, 0.15) is 25.7 Å². The summed E-state index contributed by atoms with van der Waals surface area (Å²) in [6.07, 6.45) is 4.85. The molecule has 0 bridgehead atoms. The van der Waals surface area contributed by atoms with E-state index in [1.165, 1.54) is 18.6 Å². The zero-order chi connectivity index (χ0) is 5.11. The lowest BCUT2D eigenvalue weighted by molar-refractivity contribution is 0.886. The van der Waals surface area contributed by atoms with Crippen molar-refractivity contribution in [1.29, 1.82) is 0 Å². The fraction of sp³-hybridized carbons (Fsp3) is 0.800. The molecule has 40 valence electrons. The molecule has 0 radical (unpaired) electrons. The van der Waals surface area contributed by atoms with Gasteiger partial charge in [-0.15, -0.1) is 0 Å². The van der Waals surface area contributed by atoms with Crippen LogP contribution in [0.5, 0.6) is 0 Å². The topological polar surface area (TPSA) is 38.4 Å². The van der Waals surface area contributed by atoms with E-state index in [0.717, 1.165) is 12.8 Å². The van der Waals surface area contributed by atoms with Gasteiger partial charge < -0.3 is 5.84 Å². The maximum absolute atomic E-state index is 5.02. The fourth-order valence-electron chi connectivity index (χ4n) is 0.912. The highest BCUT2D eigenvalue weighted by molar-refractivity contribution is 5.85. The zero-order valence-electron chi connectivity index (χ0n) is 4.35. The molecule has 7 heavy (non-hydrogen) atoms. The third-order valence-electron chi connectivity index (χ3n) is 1.36. The van der Waals surface area contributed by atoms with Crippen LogP contribution in [0.3, 0.4) is 0 Å². The quantitative estimate of drug-likeness (QED) is 0.354. The van der Waals surface area contributed by atoms with Gasteiger partial charge in [-0.3, -0.25) is 0 Å². The molecule has 2 nitrogen and oxygen atoms in total. The molecule has 0 unspecified atom stereocenters. The van der Waals surface area contributed by atoms with E-state index in [9.17, 15) is 0 Å². The van der Waals surface area contributed by atoms with Crippen molar-refractivity contribution < 1.29 is 0 Å². The summed E-state index contributed by atoms with van der Waals surface area (Å²) in [4.78, 5) is 0. The molecule has 1 fully saturated rings. The van der Waals surface area contributed by atoms with Gasteiger partial charge in [0.2, 0.25) is 0 Å². The van der Waals surface area contributed by atoms with Crippen LogP contribution in [0.15, 0.2) is 5.10 Å². The summed E-state index contributed by atoms with van der Waals surface area (Å²) in [6, 6.07) is 0. The van der Waals surface area contributed by atoms with Gasteiger partial charge in [-0.1, -0.05) is 0 Å². The Balaban J connectivity index is 2.41. The van der Waals surface area contributed by atoms with Crippen LogP contribution in [0.2, 0.25) is 0 Å². The minimum absolute atomic E-state index is 1.14. The predicted octanol–water partition coefficient (Wildman–Crippen LogP) is 0.875. The SMILES string of the molecule is NN=C1CCCC1. The van der Waals surface area contributed by atoms with E-state index in [1.54, 1.807) is 0 Å². The maximum atomic E-state index is 5.02. The van der Waals surface area contributed by atoms with Crippen LogP contribution in [-0.4, -0.2) is 5.71 Å². The Morgan fingerprint density at radius 3 is 2.14 bits per heavy atom. The average molecular weight is 98.1 g/mol. The number of nitrogens with zero attached hydrogens (tertiary/aromatic N) is 1. The highest BCUT2D eigenvalue weighted by atomic mass is 15.1. The van der Waals surface area contributed by atoms with Crippen LogP contribution in [0.4, 0.5) is 0 Å². The van der Waals surface area contributed by atoms with E-state index in [0.29, 0.717) is 0 Å². The van der Waals surface area contributed by atoms with Crippen molar-refractivity contribution in [2.75, 3.05) is 0 Å². The van der Waals surface area contributed by atoms with E-state index >= 15 is 0 Å². The van der Waals surface area contributed by atoms with Crippen molar-refractivity contribution in [1.82, 2.24) is 0 Å². The van der Waals surface area contributed by atoms with Crippen molar-refractivity contribution in [2.24, 2.45) is 10.9 Å². The van der Waals surface area contributed by atoms with Crippen molar-refractivity contribution in [2.45, 2.75) is 25.7 Å². The van der Waals surface area contributed by atoms with Crippen molar-refractivity contribution >= 4 is 5.71 Å². The minimum Gasteiger partial charge on any atom is -0.323 e. The van der Waals surface area contributed by atoms with Crippen LogP contribution in [-0.2, 0) is 0 Å². The summed E-state index contributed by atoms with van der Waals surface area (Å²) in [5.74, 6) is 5.02. The smallest absolute Gasteiger partial charge is 0.0375 e. The number of nitrogens with two attached hydrogens (primary N) is 1. The van der Waals surface area contributed by atoms with Gasteiger partial charge in [-0.25, -0.2) is 0 Å². The molecule has 1 aliphatic carbocycles. The minimum atomic E-state index is 1.14. The summed E-state index contributed by atoms with van der Waals surface area (Å²) >= 11 is 0. The summed E-state index contributed by atoms with van der Waals surface area (Å²) in [5.41, 5.74) is 1.19. The van der Waals surface area contributed by atoms with E-state index < -0.39 is 0 Å². The lowest BCUT2D eigenvalue weighted by Crippen LogP contribution is -1.92. The highest BCUT2D eigenvalue weighted by Crippen LogP contribution is 2.13. The third kappa shape index (κ3) is 0.918. The molecule has 0 aromatic heterocycles. The van der Waals surface area contributed by atoms with E-state index in [4.69, 9.17) is 5.84 Å². The summed E-state index contributed by atoms with van der Waals surface area (Å²) < 4.78 is 0. The average Bonchev–Trinajstić information content (AvgIpc) is 2.14. The largest absolute Gasteiger partial charge is 0.323 e. The molecular weight excluding hydrogens is 88.1 g/mol. The van der Waals surface area contributed by atoms with E-state index in [2.05, 4.69) is 5.10 Å². The molecule has 2 N–H and O–H groups in total. The molecule has 0 amide bonds. The second-order valence-corrected chi connectivity index (χ2v) is 1.90. The van der Waals surface area contributed by atoms with Crippen molar-refractivity contribution in [3.8, 4) is 0 Å². The molecule has 2 heteroatoms. The second kappa shape index (κ2) is 1.96. The lowest BCUT2D eigenvalue weighted by atomic mass is 10.3. The second-order valence-electron chi connectivity index (χ2n) is 1.90. The molecule has 0 saturated heterocycles. The van der Waals surface area contributed by atoms with Gasteiger partial charge in [0.1, 0.15) is 0 Å². The molecule has 0 atom stereocenters. The fourth-order valence-corrected chi connectivity index (χ4v) is 0.912. The van der Waals surface area contributed by atoms with Crippen molar-refractivity contribution in [3.05, 3.63) is 0 Å². The number of hydrogen-bond donors (Lipinski definition) is 1. The Morgan fingerprint density at radius 2 is 1.86 bits per heavy atom. The van der Waals surface area contributed by atoms with Crippen LogP contribution in [0.25, 0.3) is 0 Å². The first-order valence-electron chi connectivity index (χ1n) is 2.69. The molecule has 0 spiro atoms. The lowest BCUT2D eigenvalue weighted by Gasteiger charge is -1.84. The predicted molar refractivity (Wildman–Crippen MR) is 30.1 cm³/mol. The van der Waals surface area contributed by atoms with Gasteiger partial charge >= 0.3 is 0 Å². The molecular formula is C5H10N2. The molecule has 0 aromatic carbocycles. The van der Waals surface area contributed by atoms with Crippen LogP contribution < -0.4 is 5.84 Å². The van der Waals surface area contributed by atoms with Crippen LogP contribution >= 0.6 is 0 Å². The number of rotatable bonds is 0. The Morgan fingerprint density at radius 1 is 1.29 bits per heavy atom. The molecule has 0 aliphatic heterocycles. The highest BCUT2D eigenvalue weighted by Gasteiger charge is 2.05. The van der Waals surface area contributed by atoms with Crippen LogP contribution in [0, 0.1) is 0 Å². The Kier molecular flexibility index (Phi) is 1.29. The first-order chi connectivity index (χ1) is 3.43. The van der Waals surface area contributed by atoms with Gasteiger partial charge in [0.25, 0.3) is 0 Å². The number of hydrazone groups is 1. The Hall–Kier alpha value is -0.530. The Labute approximate surface area is 43.4 Å². The van der Waals surface area contributed by atoms with Gasteiger partial charge in [0, 0.05) is 5.71 Å². The van der Waals surface area contributed by atoms with Gasteiger partial charge in [0.15, 0.2) is 0 Å². The first-order valence-corrected chi connectivity index (χ1v) is 2.69. The normalized spacial score (nSPS) is 20.3. The van der Waals surface area contributed by atoms with E-state index in [-0.39, 0.29) is 0 Å². The first kappa shape index (κ1) is 4.62. The summed E-state index contributed by atoms with van der Waals surface area (Å²) in [5, 5.41) is 3.60. The Bertz CT molecular complexity index is 78.1. The van der Waals surface area contributed by atoms with E-state index in [1.807, 2.05) is 0 Å². The molecule has 0 aromatic rings. The molecule has 1 aliphatic rings. The molecule has 1 saturated carbocycles. The van der Waals surface area contributed by atoms with Gasteiger partial charge in [-0.2, -0.15) is 5.10 Å². The standard InChI is InChI=1S/C5H10N2/c6-7-5-3-1-2-4-5/h1-4,6H2. The maximum Gasteiger partial charge on any atom is 0.0375 e. The third-order valence-corrected chi connectivity index (χ3v) is 1.36. The van der Waals surface area contributed by atoms with Gasteiger partial charge in [0.05, 0.1) is 0 Å². The molecule has 1 rings (SSSR count). The molecule has 0 heterocycles. The summed E-state index contributed by atoms with van der Waals surface area (Å²) in [7, 11) is 0.